The van der Waals surface area contributed by atoms with Crippen LogP contribution in [0, 0.1) is 0 Å². The number of carboxylic acid groups (broad SMARTS) is 1. The lowest BCUT2D eigenvalue weighted by Crippen LogP contribution is -2.02. The average molecular weight is 213 g/mol. The molecule has 0 heterocycles. The van der Waals surface area contributed by atoms with Crippen molar-refractivity contribution in [1.29, 1.82) is 0 Å². The average Bonchev–Trinajstić information content (AvgIpc) is 2.18. The Morgan fingerprint density at radius 1 is 1.36 bits per heavy atom. The number of carboxylic acids is 1. The molecule has 0 spiro atoms. The van der Waals surface area contributed by atoms with Crippen molar-refractivity contribution in [3.63, 3.8) is 0 Å². The molecule has 14 heavy (non-hydrogen) atoms. The fourth-order valence-electron chi connectivity index (χ4n) is 0.840. The van der Waals surface area contributed by atoms with Gasteiger partial charge in [0.15, 0.2) is 0 Å². The highest BCUT2D eigenvalue weighted by atomic mass is 31.1. The Bertz CT molecular complexity index is 323. The highest BCUT2D eigenvalue weighted by molar-refractivity contribution is 7.48. The maximum atomic E-state index is 11.4. The van der Waals surface area contributed by atoms with Gasteiger partial charge in [-0.3, -0.25) is 4.79 Å². The summed E-state index contributed by atoms with van der Waals surface area (Å²) in [7, 11) is -1.92. The minimum Gasteiger partial charge on any atom is -0.481 e. The van der Waals surface area contributed by atoms with Gasteiger partial charge in [-0.2, -0.15) is 0 Å². The van der Waals surface area contributed by atoms with E-state index in [1.165, 1.54) is 0 Å². The summed E-state index contributed by atoms with van der Waals surface area (Å²) < 4.78 is 16.2. The molecule has 74 valence electrons. The van der Waals surface area contributed by atoms with Crippen molar-refractivity contribution in [1.82, 2.24) is 0 Å². The summed E-state index contributed by atoms with van der Waals surface area (Å²) in [6, 6.07) is 8.68. The van der Waals surface area contributed by atoms with Gasteiger partial charge in [0.1, 0.15) is 6.61 Å². The summed E-state index contributed by atoms with van der Waals surface area (Å²) in [5, 5.41) is 8.90. The number of carbonyl (C=O) groups is 1. The zero-order valence-electron chi connectivity index (χ0n) is 7.42. The van der Waals surface area contributed by atoms with Crippen LogP contribution in [-0.2, 0) is 13.9 Å². The third kappa shape index (κ3) is 3.64. The van der Waals surface area contributed by atoms with E-state index in [1.54, 1.807) is 24.3 Å². The van der Waals surface area contributed by atoms with Gasteiger partial charge in [-0.25, -0.2) is 0 Å². The van der Waals surface area contributed by atoms with Gasteiger partial charge >= 0.3 is 14.0 Å². The molecule has 1 rings (SSSR count). The van der Waals surface area contributed by atoms with E-state index >= 15 is 0 Å². The molecule has 0 aliphatic heterocycles. The Labute approximate surface area is 82.4 Å². The highest BCUT2D eigenvalue weighted by Crippen LogP contribution is 2.20. The van der Waals surface area contributed by atoms with Gasteiger partial charge in [-0.05, 0) is 16.7 Å². The first kappa shape index (κ1) is 10.8. The van der Waals surface area contributed by atoms with Crippen LogP contribution < -0.4 is 5.30 Å². The quantitative estimate of drug-likeness (QED) is 0.753. The van der Waals surface area contributed by atoms with E-state index < -0.39 is 14.0 Å². The number of aliphatic carboxylic acids is 1. The summed E-state index contributed by atoms with van der Waals surface area (Å²) in [4.78, 5) is 10.1. The Kier molecular flexibility index (Phi) is 4.23. The van der Waals surface area contributed by atoms with Crippen LogP contribution in [0.5, 0.6) is 0 Å². The van der Waals surface area contributed by atoms with Gasteiger partial charge in [0.05, 0.1) is 6.42 Å². The maximum Gasteiger partial charge on any atom is 0.548 e. The summed E-state index contributed by atoms with van der Waals surface area (Å²) in [5.41, 5.74) is 0. The zero-order chi connectivity index (χ0) is 10.4. The van der Waals surface area contributed by atoms with Crippen LogP contribution in [0.2, 0.25) is 0 Å². The second-order valence-corrected chi connectivity index (χ2v) is 3.86. The molecule has 1 N–H and O–H groups in total. The van der Waals surface area contributed by atoms with E-state index in [1.807, 2.05) is 6.07 Å². The van der Waals surface area contributed by atoms with Crippen LogP contribution in [0.15, 0.2) is 30.3 Å². The molecular weight excluding hydrogens is 203 g/mol. The van der Waals surface area contributed by atoms with Crippen LogP contribution in [-0.4, -0.2) is 17.7 Å². The Morgan fingerprint density at radius 2 is 2.00 bits per heavy atom. The Balaban J connectivity index is 2.40. The SMILES string of the molecule is O=C(O)CCO[P+](=O)c1ccccc1. The van der Waals surface area contributed by atoms with Crippen molar-refractivity contribution in [3.8, 4) is 0 Å². The van der Waals surface area contributed by atoms with Gasteiger partial charge in [0.2, 0.25) is 5.30 Å². The molecule has 0 fully saturated rings. The van der Waals surface area contributed by atoms with Gasteiger partial charge in [0, 0.05) is 0 Å². The molecule has 0 bridgehead atoms. The second-order valence-electron chi connectivity index (χ2n) is 2.57. The van der Waals surface area contributed by atoms with Gasteiger partial charge < -0.3 is 5.11 Å². The predicted molar refractivity (Wildman–Crippen MR) is 51.9 cm³/mol. The number of rotatable bonds is 5. The summed E-state index contributed by atoms with van der Waals surface area (Å²) >= 11 is 0. The molecule has 1 aromatic carbocycles. The van der Waals surface area contributed by atoms with Crippen molar-refractivity contribution in [2.45, 2.75) is 6.42 Å². The monoisotopic (exact) mass is 213 g/mol. The normalized spacial score (nSPS) is 11.0. The Morgan fingerprint density at radius 3 is 2.57 bits per heavy atom. The van der Waals surface area contributed by atoms with E-state index in [0.29, 0.717) is 5.30 Å². The molecule has 0 aliphatic carbocycles. The fraction of sp³-hybridized carbons (Fsp3) is 0.222. The van der Waals surface area contributed by atoms with Crippen molar-refractivity contribution in [2.24, 2.45) is 0 Å². The standard InChI is InChI=1S/C9H9O4P/c10-9(11)6-7-13-14(12)8-4-2-1-3-5-8/h1-5H,6-7H2/p+1. The van der Waals surface area contributed by atoms with Crippen molar-refractivity contribution >= 4 is 19.3 Å². The predicted octanol–water partition coefficient (Wildman–Crippen LogP) is 1.55. The van der Waals surface area contributed by atoms with Crippen LogP contribution in [0.4, 0.5) is 0 Å². The molecule has 1 unspecified atom stereocenters. The van der Waals surface area contributed by atoms with Gasteiger partial charge in [0.25, 0.3) is 0 Å². The molecule has 4 nitrogen and oxygen atoms in total. The maximum absolute atomic E-state index is 11.4. The van der Waals surface area contributed by atoms with E-state index in [2.05, 4.69) is 0 Å². The van der Waals surface area contributed by atoms with Crippen molar-refractivity contribution in [3.05, 3.63) is 30.3 Å². The first-order valence-electron chi connectivity index (χ1n) is 4.07. The van der Waals surface area contributed by atoms with E-state index in [4.69, 9.17) is 9.63 Å². The number of hydrogen-bond acceptors (Lipinski definition) is 3. The fourth-order valence-corrected chi connectivity index (χ4v) is 1.66. The van der Waals surface area contributed by atoms with E-state index in [0.717, 1.165) is 0 Å². The molecule has 1 aromatic rings. The third-order valence-corrected chi connectivity index (χ3v) is 2.63. The zero-order valence-corrected chi connectivity index (χ0v) is 8.31. The highest BCUT2D eigenvalue weighted by Gasteiger charge is 2.21. The molecule has 5 heteroatoms. The smallest absolute Gasteiger partial charge is 0.481 e. The lowest BCUT2D eigenvalue weighted by atomic mass is 10.4. The van der Waals surface area contributed by atoms with Crippen LogP contribution in [0.25, 0.3) is 0 Å². The molecule has 0 saturated carbocycles. The Hall–Kier alpha value is -1.25. The summed E-state index contributed by atoms with van der Waals surface area (Å²) in [5.74, 6) is -0.957. The van der Waals surface area contributed by atoms with Gasteiger partial charge in [-0.15, -0.1) is 4.52 Å². The topological polar surface area (TPSA) is 63.6 Å². The molecule has 0 amide bonds. The minimum atomic E-state index is -1.92. The lowest BCUT2D eigenvalue weighted by molar-refractivity contribution is -0.137. The van der Waals surface area contributed by atoms with Crippen molar-refractivity contribution in [2.75, 3.05) is 6.61 Å². The van der Waals surface area contributed by atoms with Crippen LogP contribution >= 0.6 is 8.03 Å². The second kappa shape index (κ2) is 5.47. The minimum absolute atomic E-state index is 0.0283. The molecule has 0 aromatic heterocycles. The molecular formula is C9H10O4P+. The molecule has 0 radical (unpaired) electrons. The van der Waals surface area contributed by atoms with Crippen LogP contribution in [0.1, 0.15) is 6.42 Å². The summed E-state index contributed by atoms with van der Waals surface area (Å²) in [6.45, 7) is -0.0283. The van der Waals surface area contributed by atoms with Gasteiger partial charge in [-0.1, -0.05) is 18.2 Å². The van der Waals surface area contributed by atoms with E-state index in [-0.39, 0.29) is 13.0 Å². The molecule has 1 atom stereocenters. The largest absolute Gasteiger partial charge is 0.548 e. The van der Waals surface area contributed by atoms with E-state index in [9.17, 15) is 9.36 Å². The van der Waals surface area contributed by atoms with Crippen LogP contribution in [0.3, 0.4) is 0 Å². The third-order valence-electron chi connectivity index (χ3n) is 1.49. The number of benzene rings is 1. The van der Waals surface area contributed by atoms with Crippen molar-refractivity contribution < 1.29 is 19.0 Å². The first-order chi connectivity index (χ1) is 6.70. The summed E-state index contributed by atoms with van der Waals surface area (Å²) in [6.07, 6.45) is -0.131. The molecule has 0 aliphatic rings. The first-order valence-corrected chi connectivity index (χ1v) is 5.25. The number of hydrogen-bond donors (Lipinski definition) is 1. The lowest BCUT2D eigenvalue weighted by Gasteiger charge is -1.88. The molecule has 0 saturated heterocycles.